The summed E-state index contributed by atoms with van der Waals surface area (Å²) in [4.78, 5) is 4.19. The number of sulfonamides is 1. The third kappa shape index (κ3) is 4.54. The van der Waals surface area contributed by atoms with Crippen LogP contribution in [0.25, 0.3) is 0 Å². The highest BCUT2D eigenvalue weighted by Crippen LogP contribution is 2.14. The Morgan fingerprint density at radius 1 is 1.10 bits per heavy atom. The first kappa shape index (κ1) is 15.5. The first-order chi connectivity index (χ1) is 10.1. The van der Waals surface area contributed by atoms with Crippen LogP contribution >= 0.6 is 0 Å². The Balaban J connectivity index is 2.06. The second-order valence-corrected chi connectivity index (χ2v) is 6.32. The van der Waals surface area contributed by atoms with Crippen molar-refractivity contribution in [3.8, 4) is 0 Å². The minimum absolute atomic E-state index is 0.229. The van der Waals surface area contributed by atoms with Crippen LogP contribution in [-0.4, -0.2) is 19.9 Å². The van der Waals surface area contributed by atoms with Gasteiger partial charge in [0, 0.05) is 12.7 Å². The summed E-state index contributed by atoms with van der Waals surface area (Å²) >= 11 is 0. The molecule has 0 unspecified atom stereocenters. The molecule has 0 atom stereocenters. The molecule has 2 rings (SSSR count). The normalized spacial score (nSPS) is 11.3. The number of benzene rings is 1. The summed E-state index contributed by atoms with van der Waals surface area (Å²) in [5.41, 5.74) is 1.06. The van der Waals surface area contributed by atoms with Crippen molar-refractivity contribution in [3.05, 3.63) is 54.2 Å². The van der Waals surface area contributed by atoms with Gasteiger partial charge >= 0.3 is 0 Å². The fraction of sp³-hybridized carbons (Fsp3) is 0.267. The topological polar surface area (TPSA) is 71.1 Å². The van der Waals surface area contributed by atoms with Gasteiger partial charge < -0.3 is 5.32 Å². The predicted octanol–water partition coefficient (Wildman–Crippen LogP) is 2.38. The number of nitrogens with zero attached hydrogens (tertiary/aromatic N) is 1. The smallest absolute Gasteiger partial charge is 0.263 e. The molecule has 0 saturated heterocycles. The Bertz CT molecular complexity index is 655. The van der Waals surface area contributed by atoms with E-state index >= 15 is 0 Å². The van der Waals surface area contributed by atoms with Crippen LogP contribution < -0.4 is 10.0 Å². The highest BCUT2D eigenvalue weighted by molar-refractivity contribution is 7.92. The molecule has 0 aliphatic heterocycles. The summed E-state index contributed by atoms with van der Waals surface area (Å²) in [7, 11) is -3.59. The van der Waals surface area contributed by atoms with Gasteiger partial charge in [-0.05, 0) is 42.8 Å². The lowest BCUT2D eigenvalue weighted by molar-refractivity contribution is 0.601. The van der Waals surface area contributed by atoms with E-state index in [0.717, 1.165) is 25.1 Å². The van der Waals surface area contributed by atoms with E-state index in [9.17, 15) is 8.42 Å². The molecule has 0 amide bonds. The molecule has 112 valence electrons. The molecule has 0 bridgehead atoms. The van der Waals surface area contributed by atoms with Gasteiger partial charge in [0.25, 0.3) is 10.0 Å². The van der Waals surface area contributed by atoms with Crippen molar-refractivity contribution in [3.63, 3.8) is 0 Å². The van der Waals surface area contributed by atoms with Crippen molar-refractivity contribution in [2.24, 2.45) is 0 Å². The Kier molecular flexibility index (Phi) is 5.30. The van der Waals surface area contributed by atoms with E-state index in [1.54, 1.807) is 36.5 Å². The van der Waals surface area contributed by atoms with Gasteiger partial charge in [0.15, 0.2) is 0 Å². The molecule has 6 heteroatoms. The molecule has 0 spiro atoms. The third-order valence-electron chi connectivity index (χ3n) is 2.89. The molecular weight excluding hydrogens is 286 g/mol. The number of nitrogens with one attached hydrogen (secondary N) is 2. The molecule has 0 radical (unpaired) electrons. The maximum Gasteiger partial charge on any atom is 0.263 e. The molecule has 1 aromatic carbocycles. The van der Waals surface area contributed by atoms with Crippen LogP contribution in [0.15, 0.2) is 53.6 Å². The second kappa shape index (κ2) is 7.19. The average Bonchev–Trinajstić information content (AvgIpc) is 2.49. The number of hydrogen-bond acceptors (Lipinski definition) is 4. The summed E-state index contributed by atoms with van der Waals surface area (Å²) in [5.74, 6) is 0.311. The zero-order valence-corrected chi connectivity index (χ0v) is 12.7. The van der Waals surface area contributed by atoms with Crippen molar-refractivity contribution >= 4 is 15.8 Å². The molecule has 2 aromatic rings. The monoisotopic (exact) mass is 305 g/mol. The zero-order chi connectivity index (χ0) is 15.1. The summed E-state index contributed by atoms with van der Waals surface area (Å²) < 4.78 is 26.9. The van der Waals surface area contributed by atoms with Crippen molar-refractivity contribution in [1.82, 2.24) is 10.3 Å². The van der Waals surface area contributed by atoms with Gasteiger partial charge in [0.05, 0.1) is 4.90 Å². The van der Waals surface area contributed by atoms with E-state index in [-0.39, 0.29) is 4.90 Å². The highest BCUT2D eigenvalue weighted by atomic mass is 32.2. The van der Waals surface area contributed by atoms with E-state index < -0.39 is 10.0 Å². The molecule has 2 N–H and O–H groups in total. The van der Waals surface area contributed by atoms with Gasteiger partial charge in [-0.15, -0.1) is 0 Å². The Morgan fingerprint density at radius 3 is 2.48 bits per heavy atom. The standard InChI is InChI=1S/C15H19N3O2S/c1-2-10-16-12-13-6-8-14(9-7-13)21(19,20)18-15-5-3-4-11-17-15/h3-9,11,16H,2,10,12H2,1H3,(H,17,18). The minimum Gasteiger partial charge on any atom is -0.313 e. The predicted molar refractivity (Wildman–Crippen MR) is 83.5 cm³/mol. The van der Waals surface area contributed by atoms with E-state index in [2.05, 4.69) is 21.9 Å². The second-order valence-electron chi connectivity index (χ2n) is 4.64. The fourth-order valence-corrected chi connectivity index (χ4v) is 2.82. The van der Waals surface area contributed by atoms with Gasteiger partial charge in [0.2, 0.25) is 0 Å². The first-order valence-electron chi connectivity index (χ1n) is 6.85. The van der Waals surface area contributed by atoms with Gasteiger partial charge in [-0.25, -0.2) is 13.4 Å². The Hall–Kier alpha value is -1.92. The van der Waals surface area contributed by atoms with Crippen LogP contribution in [0.1, 0.15) is 18.9 Å². The fourth-order valence-electron chi connectivity index (χ4n) is 1.82. The SMILES string of the molecule is CCCNCc1ccc(S(=O)(=O)Nc2ccccn2)cc1. The van der Waals surface area contributed by atoms with Gasteiger partial charge in [-0.2, -0.15) is 0 Å². The lowest BCUT2D eigenvalue weighted by Crippen LogP contribution is -2.15. The summed E-state index contributed by atoms with van der Waals surface area (Å²) in [6, 6.07) is 11.9. The lowest BCUT2D eigenvalue weighted by atomic mass is 10.2. The molecule has 5 nitrogen and oxygen atoms in total. The maximum absolute atomic E-state index is 12.2. The molecular formula is C15H19N3O2S. The largest absolute Gasteiger partial charge is 0.313 e. The zero-order valence-electron chi connectivity index (χ0n) is 11.9. The molecule has 1 heterocycles. The third-order valence-corrected chi connectivity index (χ3v) is 4.26. The molecule has 0 aliphatic carbocycles. The van der Waals surface area contributed by atoms with Crippen molar-refractivity contribution < 1.29 is 8.42 Å². The number of rotatable bonds is 7. The van der Waals surface area contributed by atoms with Crippen LogP contribution in [0.5, 0.6) is 0 Å². The summed E-state index contributed by atoms with van der Waals surface area (Å²) in [5, 5.41) is 3.27. The molecule has 0 fully saturated rings. The van der Waals surface area contributed by atoms with Gasteiger partial charge in [-0.3, -0.25) is 4.72 Å². The molecule has 21 heavy (non-hydrogen) atoms. The van der Waals surface area contributed by atoms with E-state index in [1.165, 1.54) is 0 Å². The van der Waals surface area contributed by atoms with E-state index in [4.69, 9.17) is 0 Å². The van der Waals surface area contributed by atoms with Crippen LogP contribution in [0.2, 0.25) is 0 Å². The van der Waals surface area contributed by atoms with Crippen molar-refractivity contribution in [2.45, 2.75) is 24.8 Å². The molecule has 1 aromatic heterocycles. The maximum atomic E-state index is 12.2. The molecule has 0 aliphatic rings. The van der Waals surface area contributed by atoms with Gasteiger partial charge in [0.1, 0.15) is 5.82 Å². The van der Waals surface area contributed by atoms with Crippen LogP contribution in [0.3, 0.4) is 0 Å². The average molecular weight is 305 g/mol. The van der Waals surface area contributed by atoms with E-state index in [0.29, 0.717) is 5.82 Å². The molecule has 0 saturated carbocycles. The summed E-state index contributed by atoms with van der Waals surface area (Å²) in [6.45, 7) is 3.79. The number of anilines is 1. The highest BCUT2D eigenvalue weighted by Gasteiger charge is 2.14. The first-order valence-corrected chi connectivity index (χ1v) is 8.33. The summed E-state index contributed by atoms with van der Waals surface area (Å²) in [6.07, 6.45) is 2.61. The van der Waals surface area contributed by atoms with Gasteiger partial charge in [-0.1, -0.05) is 25.1 Å². The van der Waals surface area contributed by atoms with Crippen LogP contribution in [-0.2, 0) is 16.6 Å². The van der Waals surface area contributed by atoms with Crippen LogP contribution in [0, 0.1) is 0 Å². The quantitative estimate of drug-likeness (QED) is 0.771. The number of hydrogen-bond donors (Lipinski definition) is 2. The van der Waals surface area contributed by atoms with Crippen molar-refractivity contribution in [1.29, 1.82) is 0 Å². The van der Waals surface area contributed by atoms with Crippen LogP contribution in [0.4, 0.5) is 5.82 Å². The number of aromatic nitrogens is 1. The number of pyridine rings is 1. The Labute approximate surface area is 125 Å². The Morgan fingerprint density at radius 2 is 1.86 bits per heavy atom. The van der Waals surface area contributed by atoms with E-state index in [1.807, 2.05) is 12.1 Å². The van der Waals surface area contributed by atoms with Crippen molar-refractivity contribution in [2.75, 3.05) is 11.3 Å². The minimum atomic E-state index is -3.59. The lowest BCUT2D eigenvalue weighted by Gasteiger charge is -2.08.